The maximum atomic E-state index is 11.9. The quantitative estimate of drug-likeness (QED) is 0.831. The molecule has 1 aromatic carbocycles. The Morgan fingerprint density at radius 2 is 2.10 bits per heavy atom. The fraction of sp³-hybridized carbons (Fsp3) is 0.250. The van der Waals surface area contributed by atoms with E-state index < -0.39 is 0 Å². The first kappa shape index (κ1) is 14.8. The summed E-state index contributed by atoms with van der Waals surface area (Å²) < 4.78 is 5.26. The van der Waals surface area contributed by atoms with Crippen LogP contribution in [0.4, 0.5) is 5.69 Å². The third-order valence-electron chi connectivity index (χ3n) is 3.04. The Labute approximate surface area is 123 Å². The molecule has 5 heteroatoms. The largest absolute Gasteiger partial charge is 0.463 e. The highest BCUT2D eigenvalue weighted by Gasteiger charge is 2.12. The average Bonchev–Trinajstić information content (AvgIpc) is 2.93. The predicted octanol–water partition coefficient (Wildman–Crippen LogP) is 0.999. The molecule has 1 heterocycles. The van der Waals surface area contributed by atoms with E-state index in [4.69, 9.17) is 9.68 Å². The second-order valence-electron chi connectivity index (χ2n) is 4.97. The van der Waals surface area contributed by atoms with Crippen molar-refractivity contribution >= 4 is 11.6 Å². The van der Waals surface area contributed by atoms with Crippen molar-refractivity contribution < 1.29 is 14.1 Å². The van der Waals surface area contributed by atoms with E-state index in [9.17, 15) is 4.79 Å². The zero-order valence-corrected chi connectivity index (χ0v) is 11.9. The van der Waals surface area contributed by atoms with Crippen LogP contribution in [0.5, 0.6) is 0 Å². The molecule has 21 heavy (non-hydrogen) atoms. The molecule has 2 aromatic rings. The number of likely N-dealkylation sites (N-methyl/N-ethyl adjacent to an activating group) is 1. The van der Waals surface area contributed by atoms with Crippen molar-refractivity contribution in [1.82, 2.24) is 0 Å². The molecule has 0 fully saturated rings. The van der Waals surface area contributed by atoms with Crippen molar-refractivity contribution in [2.45, 2.75) is 13.0 Å². The van der Waals surface area contributed by atoms with Gasteiger partial charge in [0.1, 0.15) is 6.54 Å². The van der Waals surface area contributed by atoms with Gasteiger partial charge in [0, 0.05) is 5.69 Å². The molecule has 2 N–H and O–H groups in total. The molecule has 5 nitrogen and oxygen atoms in total. The lowest BCUT2D eigenvalue weighted by atomic mass is 10.1. The number of anilines is 1. The van der Waals surface area contributed by atoms with Crippen LogP contribution in [0.1, 0.15) is 11.3 Å². The molecular formula is C16H18N3O2+. The van der Waals surface area contributed by atoms with E-state index in [0.29, 0.717) is 19.5 Å². The Kier molecular flexibility index (Phi) is 5.13. The minimum absolute atomic E-state index is 0.0490. The zero-order valence-electron chi connectivity index (χ0n) is 11.9. The van der Waals surface area contributed by atoms with Crippen LogP contribution in [-0.4, -0.2) is 19.5 Å². The van der Waals surface area contributed by atoms with Gasteiger partial charge in [-0.15, -0.1) is 0 Å². The first-order chi connectivity index (χ1) is 10.2. The lowest BCUT2D eigenvalue weighted by Gasteiger charge is -2.12. The van der Waals surface area contributed by atoms with Gasteiger partial charge in [0.25, 0.3) is 5.91 Å². The van der Waals surface area contributed by atoms with Gasteiger partial charge in [-0.25, -0.2) is 0 Å². The molecule has 0 bridgehead atoms. The van der Waals surface area contributed by atoms with Gasteiger partial charge in [-0.05, 0) is 29.8 Å². The standard InChI is InChI=1S/C16H17N3O2/c1-19(11-15-3-2-10-21-15)12-16(20)18-14-6-4-13(5-7-14)8-9-17/h2-7,10H,8,11-12H2,1H3,(H,18,20)/p+1. The minimum atomic E-state index is -0.0490. The van der Waals surface area contributed by atoms with Crippen LogP contribution in [0.15, 0.2) is 47.1 Å². The molecule has 0 aliphatic heterocycles. The van der Waals surface area contributed by atoms with Crippen molar-refractivity contribution in [1.29, 1.82) is 5.26 Å². The first-order valence-corrected chi connectivity index (χ1v) is 6.77. The SMILES string of the molecule is C[NH+](CC(=O)Nc1ccc(CC#N)cc1)Cc1ccco1. The molecule has 0 aliphatic rings. The van der Waals surface area contributed by atoms with Crippen molar-refractivity contribution in [3.63, 3.8) is 0 Å². The highest BCUT2D eigenvalue weighted by molar-refractivity contribution is 5.91. The summed E-state index contributed by atoms with van der Waals surface area (Å²) in [4.78, 5) is 13.0. The smallest absolute Gasteiger partial charge is 0.279 e. The summed E-state index contributed by atoms with van der Waals surface area (Å²) in [7, 11) is 1.94. The van der Waals surface area contributed by atoms with E-state index >= 15 is 0 Å². The number of nitriles is 1. The molecule has 108 valence electrons. The zero-order chi connectivity index (χ0) is 15.1. The van der Waals surface area contributed by atoms with Crippen LogP contribution in [0.3, 0.4) is 0 Å². The molecule has 1 atom stereocenters. The summed E-state index contributed by atoms with van der Waals surface area (Å²) in [6.07, 6.45) is 2.01. The van der Waals surface area contributed by atoms with Gasteiger partial charge in [0.15, 0.2) is 12.3 Å². The van der Waals surface area contributed by atoms with Crippen molar-refractivity contribution in [2.75, 3.05) is 18.9 Å². The molecular weight excluding hydrogens is 266 g/mol. The van der Waals surface area contributed by atoms with Crippen LogP contribution in [0, 0.1) is 11.3 Å². The molecule has 0 radical (unpaired) electrons. The van der Waals surface area contributed by atoms with E-state index in [2.05, 4.69) is 11.4 Å². The van der Waals surface area contributed by atoms with Crippen molar-refractivity contribution in [3.05, 3.63) is 54.0 Å². The Hall–Kier alpha value is -2.58. The number of hydrogen-bond donors (Lipinski definition) is 2. The van der Waals surface area contributed by atoms with E-state index in [1.165, 1.54) is 0 Å². The number of carbonyl (C=O) groups excluding carboxylic acids is 1. The number of nitrogens with one attached hydrogen (secondary N) is 2. The van der Waals surface area contributed by atoms with Gasteiger partial charge in [-0.1, -0.05) is 12.1 Å². The van der Waals surface area contributed by atoms with E-state index in [0.717, 1.165) is 21.9 Å². The number of amides is 1. The molecule has 0 saturated carbocycles. The Morgan fingerprint density at radius 3 is 2.71 bits per heavy atom. The topological polar surface area (TPSA) is 70.5 Å². The first-order valence-electron chi connectivity index (χ1n) is 6.77. The molecule has 0 aliphatic carbocycles. The van der Waals surface area contributed by atoms with Gasteiger partial charge in [-0.3, -0.25) is 4.79 Å². The maximum absolute atomic E-state index is 11.9. The molecule has 1 aromatic heterocycles. The van der Waals surface area contributed by atoms with Crippen LogP contribution >= 0.6 is 0 Å². The number of rotatable bonds is 6. The fourth-order valence-electron chi connectivity index (χ4n) is 2.05. The fourth-order valence-corrected chi connectivity index (χ4v) is 2.05. The number of quaternary nitrogens is 1. The molecule has 0 saturated heterocycles. The normalized spacial score (nSPS) is 11.6. The lowest BCUT2D eigenvalue weighted by Crippen LogP contribution is -3.08. The minimum Gasteiger partial charge on any atom is -0.463 e. The molecule has 1 amide bonds. The van der Waals surface area contributed by atoms with E-state index in [1.807, 2.05) is 43.4 Å². The van der Waals surface area contributed by atoms with Crippen LogP contribution < -0.4 is 10.2 Å². The van der Waals surface area contributed by atoms with Crippen LogP contribution in [0.25, 0.3) is 0 Å². The number of hydrogen-bond acceptors (Lipinski definition) is 3. The van der Waals surface area contributed by atoms with Crippen molar-refractivity contribution in [3.8, 4) is 6.07 Å². The van der Waals surface area contributed by atoms with Gasteiger partial charge in [0.05, 0.1) is 25.8 Å². The van der Waals surface area contributed by atoms with Gasteiger partial charge in [0.2, 0.25) is 0 Å². The van der Waals surface area contributed by atoms with E-state index in [-0.39, 0.29) is 5.91 Å². The third-order valence-corrected chi connectivity index (χ3v) is 3.04. The average molecular weight is 284 g/mol. The summed E-state index contributed by atoms with van der Waals surface area (Å²) in [5, 5.41) is 11.5. The lowest BCUT2D eigenvalue weighted by molar-refractivity contribution is -0.886. The Balaban J connectivity index is 1.82. The second kappa shape index (κ2) is 7.27. The summed E-state index contributed by atoms with van der Waals surface area (Å²) in [5.74, 6) is 0.813. The van der Waals surface area contributed by atoms with Crippen LogP contribution in [-0.2, 0) is 17.8 Å². The molecule has 0 spiro atoms. The second-order valence-corrected chi connectivity index (χ2v) is 4.97. The summed E-state index contributed by atoms with van der Waals surface area (Å²) in [6, 6.07) is 13.1. The highest BCUT2D eigenvalue weighted by Crippen LogP contribution is 2.09. The van der Waals surface area contributed by atoms with Crippen LogP contribution in [0.2, 0.25) is 0 Å². The predicted molar refractivity (Wildman–Crippen MR) is 78.6 cm³/mol. The highest BCUT2D eigenvalue weighted by atomic mass is 16.3. The molecule has 1 unspecified atom stereocenters. The van der Waals surface area contributed by atoms with Gasteiger partial charge in [-0.2, -0.15) is 5.26 Å². The summed E-state index contributed by atoms with van der Waals surface area (Å²) in [5.41, 5.74) is 1.68. The summed E-state index contributed by atoms with van der Waals surface area (Å²) >= 11 is 0. The molecule has 2 rings (SSSR count). The summed E-state index contributed by atoms with van der Waals surface area (Å²) in [6.45, 7) is 1.03. The number of furan rings is 1. The number of carbonyl (C=O) groups is 1. The number of benzene rings is 1. The van der Waals surface area contributed by atoms with Gasteiger partial charge < -0.3 is 14.6 Å². The third kappa shape index (κ3) is 4.79. The van der Waals surface area contributed by atoms with Crippen molar-refractivity contribution in [2.24, 2.45) is 0 Å². The Bertz CT molecular complexity index is 612. The van der Waals surface area contributed by atoms with Gasteiger partial charge >= 0.3 is 0 Å². The van der Waals surface area contributed by atoms with E-state index in [1.54, 1.807) is 6.26 Å². The Morgan fingerprint density at radius 1 is 1.33 bits per heavy atom. The maximum Gasteiger partial charge on any atom is 0.279 e. The monoisotopic (exact) mass is 284 g/mol. The number of nitrogens with zero attached hydrogens (tertiary/aromatic N) is 1.